The van der Waals surface area contributed by atoms with Crippen LogP contribution in [0.25, 0.3) is 0 Å². The molecule has 0 radical (unpaired) electrons. The molecule has 0 spiro atoms. The van der Waals surface area contributed by atoms with Crippen LogP contribution in [0.2, 0.25) is 5.02 Å². The molecule has 3 aromatic rings. The quantitative estimate of drug-likeness (QED) is 0.384. The first-order valence-corrected chi connectivity index (χ1v) is 12.9. The molecule has 0 aliphatic heterocycles. The maximum atomic E-state index is 13.6. The second-order valence-corrected chi connectivity index (χ2v) is 9.81. The molecular weight excluding hydrogens is 472 g/mol. The van der Waals surface area contributed by atoms with Crippen LogP contribution in [-0.4, -0.2) is 35.4 Å². The lowest BCUT2D eigenvalue weighted by Gasteiger charge is -2.32. The average molecular weight is 505 g/mol. The standard InChI is InChI=1S/C30H33ClN2O3/c1-22-18-26(16-17-27(22)31)36-21-29(34)33(20-24-12-6-3-7-13-24)28(19-23-10-4-2-5-11-23)30(35)32-25-14-8-9-15-25/h2-7,10-13,16-18,25,28H,8-9,14-15,19-21H2,1H3,(H,32,35)/t28-/m1/s1. The highest BCUT2D eigenvalue weighted by Gasteiger charge is 2.32. The number of carbonyl (C=O) groups excluding carboxylic acids is 2. The van der Waals surface area contributed by atoms with E-state index in [4.69, 9.17) is 16.3 Å². The summed E-state index contributed by atoms with van der Waals surface area (Å²) in [4.78, 5) is 28.9. The van der Waals surface area contributed by atoms with Crippen molar-refractivity contribution in [2.75, 3.05) is 6.61 Å². The minimum atomic E-state index is -0.656. The van der Waals surface area contributed by atoms with Crippen molar-refractivity contribution in [3.05, 3.63) is 101 Å². The highest BCUT2D eigenvalue weighted by atomic mass is 35.5. The van der Waals surface area contributed by atoms with Crippen LogP contribution in [0.1, 0.15) is 42.4 Å². The second kappa shape index (κ2) is 12.6. The van der Waals surface area contributed by atoms with Crippen molar-refractivity contribution in [2.24, 2.45) is 0 Å². The van der Waals surface area contributed by atoms with Gasteiger partial charge in [0.05, 0.1) is 0 Å². The molecule has 0 heterocycles. The summed E-state index contributed by atoms with van der Waals surface area (Å²) in [5.74, 6) is 0.214. The van der Waals surface area contributed by atoms with Gasteiger partial charge in [-0.05, 0) is 54.7 Å². The van der Waals surface area contributed by atoms with E-state index in [1.54, 1.807) is 17.0 Å². The van der Waals surface area contributed by atoms with E-state index in [2.05, 4.69) is 5.32 Å². The summed E-state index contributed by atoms with van der Waals surface area (Å²) < 4.78 is 5.85. The minimum Gasteiger partial charge on any atom is -0.484 e. The average Bonchev–Trinajstić information content (AvgIpc) is 3.41. The van der Waals surface area contributed by atoms with Gasteiger partial charge in [-0.25, -0.2) is 0 Å². The molecular formula is C30H33ClN2O3. The molecule has 1 N–H and O–H groups in total. The normalized spacial score (nSPS) is 14.3. The number of halogens is 1. The Balaban J connectivity index is 1.59. The van der Waals surface area contributed by atoms with Gasteiger partial charge in [0.1, 0.15) is 11.8 Å². The minimum absolute atomic E-state index is 0.114. The van der Waals surface area contributed by atoms with Gasteiger partial charge in [-0.15, -0.1) is 0 Å². The lowest BCUT2D eigenvalue weighted by Crippen LogP contribution is -2.53. The molecule has 1 aliphatic rings. The van der Waals surface area contributed by atoms with Crippen molar-refractivity contribution in [1.29, 1.82) is 0 Å². The van der Waals surface area contributed by atoms with Crippen molar-refractivity contribution >= 4 is 23.4 Å². The molecule has 2 amide bonds. The Morgan fingerprint density at radius 1 is 0.972 bits per heavy atom. The van der Waals surface area contributed by atoms with Crippen molar-refractivity contribution in [2.45, 2.75) is 57.7 Å². The van der Waals surface area contributed by atoms with Gasteiger partial charge >= 0.3 is 0 Å². The zero-order chi connectivity index (χ0) is 25.3. The van der Waals surface area contributed by atoms with Crippen molar-refractivity contribution in [3.63, 3.8) is 0 Å². The first-order valence-electron chi connectivity index (χ1n) is 12.6. The predicted octanol–water partition coefficient (Wildman–Crippen LogP) is 5.73. The summed E-state index contributed by atoms with van der Waals surface area (Å²) in [7, 11) is 0. The van der Waals surface area contributed by atoms with Crippen LogP contribution in [-0.2, 0) is 22.6 Å². The maximum absolute atomic E-state index is 13.6. The number of rotatable bonds is 10. The van der Waals surface area contributed by atoms with E-state index in [9.17, 15) is 9.59 Å². The van der Waals surface area contributed by atoms with Gasteiger partial charge in [-0.2, -0.15) is 0 Å². The van der Waals surface area contributed by atoms with Crippen molar-refractivity contribution < 1.29 is 14.3 Å². The summed E-state index contributed by atoms with van der Waals surface area (Å²) in [6, 6.07) is 24.4. The molecule has 1 saturated carbocycles. The Bertz CT molecular complexity index is 1150. The molecule has 36 heavy (non-hydrogen) atoms. The summed E-state index contributed by atoms with van der Waals surface area (Å²) in [5.41, 5.74) is 2.84. The van der Waals surface area contributed by atoms with Gasteiger partial charge in [0.2, 0.25) is 5.91 Å². The third-order valence-electron chi connectivity index (χ3n) is 6.66. The third-order valence-corrected chi connectivity index (χ3v) is 7.08. The summed E-state index contributed by atoms with van der Waals surface area (Å²) >= 11 is 6.13. The molecule has 0 saturated heterocycles. The number of carbonyl (C=O) groups is 2. The predicted molar refractivity (Wildman–Crippen MR) is 143 cm³/mol. The van der Waals surface area contributed by atoms with E-state index in [1.807, 2.05) is 73.7 Å². The smallest absolute Gasteiger partial charge is 0.261 e. The summed E-state index contributed by atoms with van der Waals surface area (Å²) in [6.45, 7) is 2.04. The van der Waals surface area contributed by atoms with E-state index < -0.39 is 6.04 Å². The highest BCUT2D eigenvalue weighted by molar-refractivity contribution is 6.31. The van der Waals surface area contributed by atoms with Crippen LogP contribution in [0.4, 0.5) is 0 Å². The van der Waals surface area contributed by atoms with Crippen LogP contribution in [0, 0.1) is 6.92 Å². The molecule has 1 fully saturated rings. The monoisotopic (exact) mass is 504 g/mol. The Morgan fingerprint density at radius 2 is 1.61 bits per heavy atom. The van der Waals surface area contributed by atoms with Gasteiger partial charge in [0.15, 0.2) is 6.61 Å². The molecule has 188 valence electrons. The number of benzene rings is 3. The Hall–Kier alpha value is -3.31. The van der Waals surface area contributed by atoms with Crippen LogP contribution in [0.15, 0.2) is 78.9 Å². The first kappa shape index (κ1) is 25.8. The molecule has 3 aromatic carbocycles. The van der Waals surface area contributed by atoms with Gasteiger partial charge < -0.3 is 15.0 Å². The number of aryl methyl sites for hydroxylation is 1. The number of nitrogens with one attached hydrogen (secondary N) is 1. The molecule has 5 nitrogen and oxygen atoms in total. The van der Waals surface area contributed by atoms with Crippen molar-refractivity contribution in [1.82, 2.24) is 10.2 Å². The maximum Gasteiger partial charge on any atom is 0.261 e. The lowest BCUT2D eigenvalue weighted by molar-refractivity contribution is -0.143. The second-order valence-electron chi connectivity index (χ2n) is 9.40. The number of ether oxygens (including phenoxy) is 1. The van der Waals surface area contributed by atoms with E-state index in [0.717, 1.165) is 42.4 Å². The number of nitrogens with zero attached hydrogens (tertiary/aromatic N) is 1. The topological polar surface area (TPSA) is 58.6 Å². The Labute approximate surface area is 218 Å². The van der Waals surface area contributed by atoms with Crippen LogP contribution in [0.3, 0.4) is 0 Å². The van der Waals surface area contributed by atoms with Gasteiger partial charge in [-0.1, -0.05) is 85.1 Å². The summed E-state index contributed by atoms with van der Waals surface area (Å²) in [6.07, 6.45) is 4.63. The Kier molecular flexibility index (Phi) is 9.01. The molecule has 1 aliphatic carbocycles. The molecule has 0 bridgehead atoms. The van der Waals surface area contributed by atoms with Gasteiger partial charge in [0.25, 0.3) is 5.91 Å². The van der Waals surface area contributed by atoms with Gasteiger partial charge in [-0.3, -0.25) is 9.59 Å². The zero-order valence-electron chi connectivity index (χ0n) is 20.7. The van der Waals surface area contributed by atoms with E-state index in [1.165, 1.54) is 0 Å². The van der Waals surface area contributed by atoms with E-state index in [-0.39, 0.29) is 24.5 Å². The molecule has 0 unspecified atom stereocenters. The van der Waals surface area contributed by atoms with Crippen LogP contribution in [0.5, 0.6) is 5.75 Å². The largest absolute Gasteiger partial charge is 0.484 e. The lowest BCUT2D eigenvalue weighted by atomic mass is 10.0. The zero-order valence-corrected chi connectivity index (χ0v) is 21.4. The SMILES string of the molecule is Cc1cc(OCC(=O)N(Cc2ccccc2)[C@H](Cc2ccccc2)C(=O)NC2CCCC2)ccc1Cl. The molecule has 6 heteroatoms. The fourth-order valence-corrected chi connectivity index (χ4v) is 4.75. The molecule has 4 rings (SSSR count). The third kappa shape index (κ3) is 7.11. The van der Waals surface area contributed by atoms with E-state index in [0.29, 0.717) is 23.7 Å². The highest BCUT2D eigenvalue weighted by Crippen LogP contribution is 2.22. The number of amides is 2. The first-order chi connectivity index (χ1) is 17.5. The van der Waals surface area contributed by atoms with Gasteiger partial charge in [0, 0.05) is 24.0 Å². The molecule has 0 aromatic heterocycles. The van der Waals surface area contributed by atoms with Crippen molar-refractivity contribution in [3.8, 4) is 5.75 Å². The molecule has 1 atom stereocenters. The van der Waals surface area contributed by atoms with Crippen LogP contribution < -0.4 is 10.1 Å². The fraction of sp³-hybridized carbons (Fsp3) is 0.333. The van der Waals surface area contributed by atoms with Crippen LogP contribution >= 0.6 is 11.6 Å². The van der Waals surface area contributed by atoms with E-state index >= 15 is 0 Å². The Morgan fingerprint density at radius 3 is 2.25 bits per heavy atom. The number of hydrogen-bond acceptors (Lipinski definition) is 3. The summed E-state index contributed by atoms with van der Waals surface area (Å²) in [5, 5.41) is 3.86. The number of hydrogen-bond donors (Lipinski definition) is 1. The fourth-order valence-electron chi connectivity index (χ4n) is 4.64.